The number of H-pyrrole nitrogens is 1. The lowest BCUT2D eigenvalue weighted by Crippen LogP contribution is -2.57. The van der Waals surface area contributed by atoms with Gasteiger partial charge in [-0.3, -0.25) is 14.7 Å². The smallest absolute Gasteiger partial charge is 0.397 e. The summed E-state index contributed by atoms with van der Waals surface area (Å²) in [6, 6.07) is 9.96. The van der Waals surface area contributed by atoms with Crippen molar-refractivity contribution in [2.45, 2.75) is 56.4 Å². The van der Waals surface area contributed by atoms with E-state index in [-0.39, 0.29) is 34.6 Å². The predicted octanol–water partition coefficient (Wildman–Crippen LogP) is 3.69. The minimum Gasteiger partial charge on any atom is -0.397 e. The fourth-order valence-electron chi connectivity index (χ4n) is 7.18. The predicted molar refractivity (Wildman–Crippen MR) is 184 cm³/mol. The molecule has 3 aliphatic heterocycles. The summed E-state index contributed by atoms with van der Waals surface area (Å²) < 4.78 is 42.8. The molecule has 3 saturated heterocycles. The van der Waals surface area contributed by atoms with Gasteiger partial charge in [0.1, 0.15) is 6.04 Å². The lowest BCUT2D eigenvalue weighted by atomic mass is 9.98. The second-order valence-corrected chi connectivity index (χ2v) is 13.9. The Labute approximate surface area is 293 Å². The number of hydrogen-bond donors (Lipinski definition) is 3. The third-order valence-corrected chi connectivity index (χ3v) is 10.5. The van der Waals surface area contributed by atoms with Crippen molar-refractivity contribution in [2.24, 2.45) is 0 Å². The average Bonchev–Trinajstić information content (AvgIpc) is 3.50. The molecule has 3 aliphatic rings. The zero-order valence-electron chi connectivity index (χ0n) is 28.0. The normalized spacial score (nSPS) is 19.5. The zero-order valence-corrected chi connectivity index (χ0v) is 28.7. The highest BCUT2D eigenvalue weighted by Gasteiger charge is 2.37. The number of alkyl halides is 3. The van der Waals surface area contributed by atoms with Crippen molar-refractivity contribution < 1.29 is 22.8 Å². The molecule has 3 amide bonds. The van der Waals surface area contributed by atoms with Gasteiger partial charge in [0, 0.05) is 70.4 Å². The summed E-state index contributed by atoms with van der Waals surface area (Å²) in [7, 11) is 2.10. The summed E-state index contributed by atoms with van der Waals surface area (Å²) in [5.41, 5.74) is 4.56. The molecule has 16 heteroatoms. The van der Waals surface area contributed by atoms with Crippen LogP contribution in [-0.4, -0.2) is 118 Å². The second kappa shape index (κ2) is 15.0. The van der Waals surface area contributed by atoms with Gasteiger partial charge in [-0.1, -0.05) is 41.9 Å². The number of aromatic nitrogens is 3. The van der Waals surface area contributed by atoms with E-state index in [0.717, 1.165) is 50.7 Å². The highest BCUT2D eigenvalue weighted by molar-refractivity contribution is 6.33. The molecule has 0 aliphatic carbocycles. The number of nitrogens with zero attached hydrogens (tertiary/aromatic N) is 6. The van der Waals surface area contributed by atoms with Crippen LogP contribution in [-0.2, 0) is 17.4 Å². The summed E-state index contributed by atoms with van der Waals surface area (Å²) in [6.45, 7) is 5.45. The maximum atomic E-state index is 14.0. The maximum absolute atomic E-state index is 14.0. The molecule has 1 aromatic heterocycles. The molecular weight excluding hydrogens is 675 g/mol. The van der Waals surface area contributed by atoms with E-state index in [0.29, 0.717) is 50.9 Å². The molecular formula is C34H43ClF3N9O3. The van der Waals surface area contributed by atoms with Crippen LogP contribution in [0.1, 0.15) is 42.9 Å². The number of piperazine rings is 1. The number of nitrogens with one attached hydrogen (secondary N) is 2. The first-order valence-electron chi connectivity index (χ1n) is 17.0. The Bertz CT molecular complexity index is 1710. The Morgan fingerprint density at radius 1 is 0.960 bits per heavy atom. The summed E-state index contributed by atoms with van der Waals surface area (Å²) in [6.07, 6.45) is -2.50. The number of piperidine rings is 2. The quantitative estimate of drug-likeness (QED) is 0.318. The standard InChI is InChI=1S/C34H43ClF3N9O3/c1-43-15-17-44(18-16-43)24-7-11-45(12-8-24)31(48)28(21-22-19-26(34(36,37)38)29(39)27(35)20-22)40-32(49)46-13-9-25(10-14-46)47-33(50)41-30(42-47)23-5-3-2-4-6-23/h2-6,19-20,24-25,28H,7-18,21,39H2,1H3,(H,40,49)(H,41,42,50)/t28-/m1/s1. The summed E-state index contributed by atoms with van der Waals surface area (Å²) in [4.78, 5) is 51.2. The SMILES string of the molecule is CN1CCN(C2CCN(C(=O)[C@@H](Cc3cc(Cl)c(N)c(C(F)(F)F)c3)NC(=O)N3CCC(n4nc(-c5ccccc5)[nH]c4=O)CC3)CC2)CC1. The summed E-state index contributed by atoms with van der Waals surface area (Å²) in [5, 5.41) is 7.05. The topological polar surface area (TPSA) is 136 Å². The number of likely N-dealkylation sites (N-methyl/N-ethyl adjacent to an activating group) is 1. The first-order chi connectivity index (χ1) is 23.9. The number of nitrogen functional groups attached to an aromatic ring is 1. The van der Waals surface area contributed by atoms with E-state index in [2.05, 4.69) is 32.2 Å². The number of nitrogens with two attached hydrogens (primary N) is 1. The van der Waals surface area contributed by atoms with Gasteiger partial charge in [0.15, 0.2) is 5.82 Å². The Hall–Kier alpha value is -4.08. The van der Waals surface area contributed by atoms with E-state index in [4.69, 9.17) is 17.3 Å². The molecule has 12 nitrogen and oxygen atoms in total. The minimum atomic E-state index is -4.75. The zero-order chi connectivity index (χ0) is 35.6. The average molecular weight is 718 g/mol. The van der Waals surface area contributed by atoms with Crippen molar-refractivity contribution in [3.05, 3.63) is 69.1 Å². The summed E-state index contributed by atoms with van der Waals surface area (Å²) in [5.74, 6) is 0.101. The second-order valence-electron chi connectivity index (χ2n) is 13.4. The molecule has 3 fully saturated rings. The molecule has 4 N–H and O–H groups in total. The van der Waals surface area contributed by atoms with Crippen LogP contribution in [0.2, 0.25) is 5.02 Å². The fraction of sp³-hybridized carbons (Fsp3) is 0.529. The highest BCUT2D eigenvalue weighted by Crippen LogP contribution is 2.38. The van der Waals surface area contributed by atoms with Gasteiger partial charge in [-0.25, -0.2) is 14.3 Å². The molecule has 6 rings (SSSR count). The number of benzene rings is 2. The van der Waals surface area contributed by atoms with Crippen molar-refractivity contribution in [1.82, 2.24) is 39.7 Å². The van der Waals surface area contributed by atoms with Gasteiger partial charge in [-0.2, -0.15) is 13.2 Å². The van der Waals surface area contributed by atoms with Gasteiger partial charge in [0.05, 0.1) is 22.3 Å². The summed E-state index contributed by atoms with van der Waals surface area (Å²) >= 11 is 6.12. The van der Waals surface area contributed by atoms with Crippen LogP contribution in [0.15, 0.2) is 47.3 Å². The van der Waals surface area contributed by atoms with Crippen LogP contribution in [0.25, 0.3) is 11.4 Å². The number of rotatable bonds is 7. The number of carbonyl (C=O) groups excluding carboxylic acids is 2. The van der Waals surface area contributed by atoms with Gasteiger partial charge < -0.3 is 25.8 Å². The molecule has 50 heavy (non-hydrogen) atoms. The number of anilines is 1. The van der Waals surface area contributed by atoms with Crippen LogP contribution in [0.3, 0.4) is 0 Å². The van der Waals surface area contributed by atoms with Gasteiger partial charge in [0.25, 0.3) is 0 Å². The van der Waals surface area contributed by atoms with Crippen molar-refractivity contribution in [3.63, 3.8) is 0 Å². The molecule has 0 bridgehead atoms. The molecule has 0 radical (unpaired) electrons. The van der Waals surface area contributed by atoms with E-state index in [9.17, 15) is 27.6 Å². The van der Waals surface area contributed by atoms with Crippen LogP contribution in [0.4, 0.5) is 23.7 Å². The van der Waals surface area contributed by atoms with Gasteiger partial charge >= 0.3 is 17.9 Å². The number of halogens is 4. The maximum Gasteiger partial charge on any atom is 0.418 e. The fourth-order valence-corrected chi connectivity index (χ4v) is 7.43. The largest absolute Gasteiger partial charge is 0.418 e. The Morgan fingerprint density at radius 3 is 2.22 bits per heavy atom. The van der Waals surface area contributed by atoms with Crippen LogP contribution < -0.4 is 16.7 Å². The Balaban J connectivity index is 1.14. The third-order valence-electron chi connectivity index (χ3n) is 10.1. The molecule has 4 heterocycles. The van der Waals surface area contributed by atoms with Crippen molar-refractivity contribution in [2.75, 3.05) is 65.1 Å². The van der Waals surface area contributed by atoms with Crippen LogP contribution >= 0.6 is 11.6 Å². The first kappa shape index (κ1) is 35.7. The number of amides is 3. The van der Waals surface area contributed by atoms with Gasteiger partial charge in [0.2, 0.25) is 5.91 Å². The molecule has 3 aromatic rings. The third kappa shape index (κ3) is 8.10. The minimum absolute atomic E-state index is 0.133. The number of carbonyl (C=O) groups is 2. The molecule has 0 unspecified atom stereocenters. The molecule has 1 atom stereocenters. The van der Waals surface area contributed by atoms with Gasteiger partial charge in [-0.15, -0.1) is 5.10 Å². The Morgan fingerprint density at radius 2 is 1.58 bits per heavy atom. The van der Waals surface area contributed by atoms with Crippen molar-refractivity contribution in [1.29, 1.82) is 0 Å². The number of likely N-dealkylation sites (tertiary alicyclic amines) is 2. The van der Waals surface area contributed by atoms with E-state index >= 15 is 0 Å². The van der Waals surface area contributed by atoms with E-state index < -0.39 is 29.5 Å². The number of aromatic amines is 1. The van der Waals surface area contributed by atoms with Crippen molar-refractivity contribution >= 4 is 29.2 Å². The van der Waals surface area contributed by atoms with Gasteiger partial charge in [-0.05, 0) is 50.4 Å². The molecule has 0 spiro atoms. The highest BCUT2D eigenvalue weighted by atomic mass is 35.5. The first-order valence-corrected chi connectivity index (χ1v) is 17.4. The lowest BCUT2D eigenvalue weighted by molar-refractivity contribution is -0.137. The van der Waals surface area contributed by atoms with E-state index in [1.807, 2.05) is 30.3 Å². The van der Waals surface area contributed by atoms with Crippen LogP contribution in [0.5, 0.6) is 0 Å². The molecule has 0 saturated carbocycles. The van der Waals surface area contributed by atoms with Crippen LogP contribution in [0, 0.1) is 0 Å². The van der Waals surface area contributed by atoms with E-state index in [1.54, 1.807) is 9.80 Å². The lowest BCUT2D eigenvalue weighted by Gasteiger charge is -2.42. The van der Waals surface area contributed by atoms with Crippen molar-refractivity contribution in [3.8, 4) is 11.4 Å². The molecule has 270 valence electrons. The number of urea groups is 1. The Kier molecular flexibility index (Phi) is 10.7. The molecule has 2 aromatic carbocycles. The van der Waals surface area contributed by atoms with E-state index in [1.165, 1.54) is 10.7 Å². The monoisotopic (exact) mass is 717 g/mol. The number of hydrogen-bond acceptors (Lipinski definition) is 7.